The van der Waals surface area contributed by atoms with E-state index >= 15 is 0 Å². The normalized spacial score (nSPS) is 20.3. The van der Waals surface area contributed by atoms with Crippen LogP contribution in [0.25, 0.3) is 0 Å². The summed E-state index contributed by atoms with van der Waals surface area (Å²) in [6.07, 6.45) is 6.02. The molecule has 4 heteroatoms. The second kappa shape index (κ2) is 7.62. The van der Waals surface area contributed by atoms with E-state index in [1.165, 1.54) is 19.3 Å². The van der Waals surface area contributed by atoms with Crippen LogP contribution in [0.4, 0.5) is 0 Å². The molecular formula is C14H29N3O. The molecule has 0 aliphatic heterocycles. The van der Waals surface area contributed by atoms with E-state index in [0.717, 1.165) is 32.6 Å². The van der Waals surface area contributed by atoms with Crippen molar-refractivity contribution in [2.24, 2.45) is 16.1 Å². The predicted molar refractivity (Wildman–Crippen MR) is 76.8 cm³/mol. The number of rotatable bonds is 8. The predicted octanol–water partition coefficient (Wildman–Crippen LogP) is 2.29. The highest BCUT2D eigenvalue weighted by Crippen LogP contribution is 2.44. The lowest BCUT2D eigenvalue weighted by atomic mass is 9.67. The van der Waals surface area contributed by atoms with Crippen LogP contribution in [0.2, 0.25) is 0 Å². The molecule has 0 radical (unpaired) electrons. The first-order valence-corrected chi connectivity index (χ1v) is 7.26. The summed E-state index contributed by atoms with van der Waals surface area (Å²) in [5.41, 5.74) is 6.26. The highest BCUT2D eigenvalue weighted by atomic mass is 16.5. The average molecular weight is 255 g/mol. The van der Waals surface area contributed by atoms with E-state index in [-0.39, 0.29) is 0 Å². The van der Waals surface area contributed by atoms with Gasteiger partial charge in [0.15, 0.2) is 5.96 Å². The van der Waals surface area contributed by atoms with E-state index in [4.69, 9.17) is 10.5 Å². The first-order valence-electron chi connectivity index (χ1n) is 7.26. The van der Waals surface area contributed by atoms with Gasteiger partial charge >= 0.3 is 0 Å². The van der Waals surface area contributed by atoms with E-state index in [2.05, 4.69) is 24.2 Å². The fourth-order valence-electron chi connectivity index (χ4n) is 2.25. The molecule has 0 aromatic carbocycles. The van der Waals surface area contributed by atoms with Crippen molar-refractivity contribution in [3.8, 4) is 0 Å². The van der Waals surface area contributed by atoms with Gasteiger partial charge in [0.2, 0.25) is 0 Å². The van der Waals surface area contributed by atoms with Gasteiger partial charge in [-0.1, -0.05) is 13.3 Å². The number of nitrogens with one attached hydrogen (secondary N) is 1. The molecule has 1 unspecified atom stereocenters. The molecule has 4 nitrogen and oxygen atoms in total. The number of hydrogen-bond acceptors (Lipinski definition) is 2. The zero-order valence-corrected chi connectivity index (χ0v) is 12.2. The van der Waals surface area contributed by atoms with Gasteiger partial charge in [-0.15, -0.1) is 0 Å². The Hall–Kier alpha value is -0.770. The molecule has 18 heavy (non-hydrogen) atoms. The maximum Gasteiger partial charge on any atom is 0.188 e. The van der Waals surface area contributed by atoms with Crippen molar-refractivity contribution < 1.29 is 4.74 Å². The third-order valence-electron chi connectivity index (χ3n) is 3.99. The molecule has 0 spiro atoms. The van der Waals surface area contributed by atoms with Gasteiger partial charge in [-0.25, -0.2) is 0 Å². The number of aliphatic imine (C=N–C) groups is 1. The Bertz CT molecular complexity index is 262. The first-order chi connectivity index (χ1) is 8.62. The van der Waals surface area contributed by atoms with Crippen LogP contribution in [-0.4, -0.2) is 31.8 Å². The Morgan fingerprint density at radius 3 is 2.67 bits per heavy atom. The van der Waals surface area contributed by atoms with Crippen molar-refractivity contribution in [2.45, 2.75) is 58.9 Å². The average Bonchev–Trinajstić information content (AvgIpc) is 2.31. The summed E-state index contributed by atoms with van der Waals surface area (Å²) in [6.45, 7) is 8.80. The van der Waals surface area contributed by atoms with Crippen LogP contribution < -0.4 is 11.1 Å². The minimum atomic E-state index is 0.358. The molecule has 1 fully saturated rings. The minimum absolute atomic E-state index is 0.358. The van der Waals surface area contributed by atoms with E-state index < -0.39 is 0 Å². The standard InChI is InChI=1S/C14H29N3O/c1-4-12(3)17-13(15)16-11-14(7-6-8-14)9-10-18-5-2/h12H,4-11H2,1-3H3,(H3,15,16,17). The molecule has 0 bridgehead atoms. The van der Waals surface area contributed by atoms with Crippen LogP contribution in [0, 0.1) is 5.41 Å². The van der Waals surface area contributed by atoms with Crippen molar-refractivity contribution in [1.82, 2.24) is 5.32 Å². The van der Waals surface area contributed by atoms with Crippen LogP contribution in [0.1, 0.15) is 52.9 Å². The highest BCUT2D eigenvalue weighted by Gasteiger charge is 2.36. The molecule has 0 amide bonds. The fourth-order valence-corrected chi connectivity index (χ4v) is 2.25. The summed E-state index contributed by atoms with van der Waals surface area (Å²) >= 11 is 0. The van der Waals surface area contributed by atoms with Crippen molar-refractivity contribution in [3.05, 3.63) is 0 Å². The SMILES string of the molecule is CCOCCC1(CN=C(N)NC(C)CC)CCC1. The summed E-state index contributed by atoms with van der Waals surface area (Å²) in [5, 5.41) is 3.21. The highest BCUT2D eigenvalue weighted by molar-refractivity contribution is 5.78. The number of nitrogens with zero attached hydrogens (tertiary/aromatic N) is 1. The third-order valence-corrected chi connectivity index (χ3v) is 3.99. The first kappa shape index (κ1) is 15.3. The van der Waals surface area contributed by atoms with Gasteiger partial charge in [0.25, 0.3) is 0 Å². The summed E-state index contributed by atoms with van der Waals surface area (Å²) in [4.78, 5) is 4.51. The monoisotopic (exact) mass is 255 g/mol. The van der Waals surface area contributed by atoms with Crippen LogP contribution in [0.3, 0.4) is 0 Å². The number of nitrogens with two attached hydrogens (primary N) is 1. The summed E-state index contributed by atoms with van der Waals surface area (Å²) < 4.78 is 5.46. The number of guanidine groups is 1. The summed E-state index contributed by atoms with van der Waals surface area (Å²) in [7, 11) is 0. The van der Waals surface area contributed by atoms with Crippen LogP contribution >= 0.6 is 0 Å². The van der Waals surface area contributed by atoms with Crippen molar-refractivity contribution in [2.75, 3.05) is 19.8 Å². The van der Waals surface area contributed by atoms with Gasteiger partial charge in [-0.2, -0.15) is 0 Å². The molecule has 1 atom stereocenters. The molecule has 1 saturated carbocycles. The molecule has 1 aliphatic rings. The minimum Gasteiger partial charge on any atom is -0.382 e. The largest absolute Gasteiger partial charge is 0.382 e. The molecule has 1 aliphatic carbocycles. The van der Waals surface area contributed by atoms with E-state index in [9.17, 15) is 0 Å². The number of ether oxygens (including phenoxy) is 1. The molecule has 0 aromatic heterocycles. The maximum absolute atomic E-state index is 5.90. The lowest BCUT2D eigenvalue weighted by molar-refractivity contribution is 0.0609. The Kier molecular flexibility index (Phi) is 6.47. The molecule has 0 heterocycles. The van der Waals surface area contributed by atoms with Crippen LogP contribution in [0.15, 0.2) is 4.99 Å². The van der Waals surface area contributed by atoms with E-state index in [1.807, 2.05) is 6.92 Å². The fraction of sp³-hybridized carbons (Fsp3) is 0.929. The molecule has 1 rings (SSSR count). The van der Waals surface area contributed by atoms with Crippen molar-refractivity contribution in [1.29, 1.82) is 0 Å². The van der Waals surface area contributed by atoms with Crippen molar-refractivity contribution in [3.63, 3.8) is 0 Å². The van der Waals surface area contributed by atoms with Crippen LogP contribution in [-0.2, 0) is 4.74 Å². The smallest absolute Gasteiger partial charge is 0.188 e. The Balaban J connectivity index is 2.35. The molecule has 3 N–H and O–H groups in total. The molecular weight excluding hydrogens is 226 g/mol. The summed E-state index contributed by atoms with van der Waals surface area (Å²) in [5.74, 6) is 0.590. The third kappa shape index (κ3) is 4.84. The second-order valence-electron chi connectivity index (χ2n) is 5.46. The zero-order valence-electron chi connectivity index (χ0n) is 12.2. The second-order valence-corrected chi connectivity index (χ2v) is 5.46. The Morgan fingerprint density at radius 1 is 1.44 bits per heavy atom. The van der Waals surface area contributed by atoms with E-state index in [0.29, 0.717) is 17.4 Å². The number of hydrogen-bond donors (Lipinski definition) is 2. The lowest BCUT2D eigenvalue weighted by Gasteiger charge is -2.40. The Morgan fingerprint density at radius 2 is 2.17 bits per heavy atom. The molecule has 0 saturated heterocycles. The van der Waals surface area contributed by atoms with Gasteiger partial charge in [-0.05, 0) is 44.9 Å². The van der Waals surface area contributed by atoms with Crippen molar-refractivity contribution >= 4 is 5.96 Å². The lowest BCUT2D eigenvalue weighted by Crippen LogP contribution is -2.40. The zero-order chi connectivity index (χ0) is 13.4. The van der Waals surface area contributed by atoms with Gasteiger partial charge < -0.3 is 15.8 Å². The maximum atomic E-state index is 5.90. The molecule has 0 aromatic rings. The topological polar surface area (TPSA) is 59.6 Å². The summed E-state index contributed by atoms with van der Waals surface area (Å²) in [6, 6.07) is 0.398. The van der Waals surface area contributed by atoms with Crippen LogP contribution in [0.5, 0.6) is 0 Å². The van der Waals surface area contributed by atoms with Gasteiger partial charge in [-0.3, -0.25) is 4.99 Å². The van der Waals surface area contributed by atoms with Gasteiger partial charge in [0.1, 0.15) is 0 Å². The van der Waals surface area contributed by atoms with Gasteiger partial charge in [0.05, 0.1) is 0 Å². The molecule has 106 valence electrons. The van der Waals surface area contributed by atoms with Gasteiger partial charge in [0, 0.05) is 25.8 Å². The quantitative estimate of drug-likeness (QED) is 0.397. The van der Waals surface area contributed by atoms with E-state index in [1.54, 1.807) is 0 Å². The Labute approximate surface area is 111 Å².